The van der Waals surface area contributed by atoms with Gasteiger partial charge in [-0.15, -0.1) is 0 Å². The number of hydrogen-bond acceptors (Lipinski definition) is 6. The minimum absolute atomic E-state index is 0.0799. The summed E-state index contributed by atoms with van der Waals surface area (Å²) >= 11 is 0. The number of carbonyl (C=O) groups is 3. The van der Waals surface area contributed by atoms with Gasteiger partial charge < -0.3 is 14.2 Å². The molecular weight excluding hydrogens is 949 g/mol. The molecule has 0 spiro atoms. The van der Waals surface area contributed by atoms with Crippen molar-refractivity contribution in [2.24, 2.45) is 0 Å². The third-order valence-electron chi connectivity index (χ3n) is 14.7. The van der Waals surface area contributed by atoms with Crippen molar-refractivity contribution < 1.29 is 28.6 Å². The molecular formula is C71H126O6. The van der Waals surface area contributed by atoms with Crippen LogP contribution >= 0.6 is 0 Å². The molecule has 0 amide bonds. The molecule has 0 bridgehead atoms. The summed E-state index contributed by atoms with van der Waals surface area (Å²) in [7, 11) is 0. The van der Waals surface area contributed by atoms with E-state index in [1.807, 2.05) is 0 Å². The first-order valence-electron chi connectivity index (χ1n) is 33.4. The highest BCUT2D eigenvalue weighted by atomic mass is 16.6. The van der Waals surface area contributed by atoms with Crippen LogP contribution in [0, 0.1) is 0 Å². The first kappa shape index (κ1) is 73.8. The Morgan fingerprint density at radius 2 is 0.506 bits per heavy atom. The van der Waals surface area contributed by atoms with Crippen molar-refractivity contribution in [3.8, 4) is 0 Å². The topological polar surface area (TPSA) is 78.9 Å². The molecule has 446 valence electrons. The Hall–Kier alpha value is -3.15. The summed E-state index contributed by atoms with van der Waals surface area (Å²) in [5.74, 6) is -0.882. The number of esters is 3. The van der Waals surface area contributed by atoms with Crippen LogP contribution in [-0.2, 0) is 28.6 Å². The summed E-state index contributed by atoms with van der Waals surface area (Å²) in [5, 5.41) is 0. The number of rotatable bonds is 61. The molecule has 0 rings (SSSR count). The maximum atomic E-state index is 12.9. The summed E-state index contributed by atoms with van der Waals surface area (Å²) in [6.45, 7) is 6.54. The Balaban J connectivity index is 4.28. The minimum atomic E-state index is -0.785. The van der Waals surface area contributed by atoms with Gasteiger partial charge in [0.25, 0.3) is 0 Å². The number of ether oxygens (including phenoxy) is 3. The molecule has 0 aliphatic carbocycles. The van der Waals surface area contributed by atoms with E-state index >= 15 is 0 Å². The molecule has 0 aromatic heterocycles. The second-order valence-corrected chi connectivity index (χ2v) is 22.3. The first-order valence-corrected chi connectivity index (χ1v) is 33.4. The van der Waals surface area contributed by atoms with Crippen molar-refractivity contribution in [3.05, 3.63) is 72.9 Å². The Morgan fingerprint density at radius 1 is 0.273 bits per heavy atom. The molecule has 0 radical (unpaired) electrons. The van der Waals surface area contributed by atoms with Crippen LogP contribution in [0.2, 0.25) is 0 Å². The quantitative estimate of drug-likeness (QED) is 0.0261. The zero-order chi connectivity index (χ0) is 55.7. The van der Waals surface area contributed by atoms with Gasteiger partial charge in [0, 0.05) is 19.3 Å². The van der Waals surface area contributed by atoms with Crippen molar-refractivity contribution in [1.82, 2.24) is 0 Å². The maximum Gasteiger partial charge on any atom is 0.306 e. The van der Waals surface area contributed by atoms with Crippen LogP contribution in [0.25, 0.3) is 0 Å². The van der Waals surface area contributed by atoms with E-state index in [2.05, 4.69) is 93.7 Å². The van der Waals surface area contributed by atoms with E-state index in [1.54, 1.807) is 0 Å². The second-order valence-electron chi connectivity index (χ2n) is 22.3. The first-order chi connectivity index (χ1) is 38.0. The van der Waals surface area contributed by atoms with Crippen molar-refractivity contribution in [1.29, 1.82) is 0 Å². The average molecular weight is 1080 g/mol. The fourth-order valence-electron chi connectivity index (χ4n) is 9.66. The molecule has 0 aliphatic rings. The number of hydrogen-bond donors (Lipinski definition) is 0. The number of carbonyl (C=O) groups excluding carboxylic acids is 3. The largest absolute Gasteiger partial charge is 0.462 e. The van der Waals surface area contributed by atoms with Gasteiger partial charge in [-0.05, 0) is 109 Å². The highest BCUT2D eigenvalue weighted by molar-refractivity contribution is 5.71. The van der Waals surface area contributed by atoms with Crippen LogP contribution in [0.3, 0.4) is 0 Å². The third-order valence-corrected chi connectivity index (χ3v) is 14.7. The third kappa shape index (κ3) is 63.6. The fraction of sp³-hybridized carbons (Fsp3) is 0.789. The van der Waals surface area contributed by atoms with E-state index < -0.39 is 6.10 Å². The van der Waals surface area contributed by atoms with Crippen molar-refractivity contribution in [3.63, 3.8) is 0 Å². The monoisotopic (exact) mass is 1070 g/mol. The molecule has 0 heterocycles. The van der Waals surface area contributed by atoms with E-state index in [9.17, 15) is 14.4 Å². The van der Waals surface area contributed by atoms with Gasteiger partial charge >= 0.3 is 17.9 Å². The predicted octanol–water partition coefficient (Wildman–Crippen LogP) is 22.9. The molecule has 0 saturated heterocycles. The average Bonchev–Trinajstić information content (AvgIpc) is 3.43. The van der Waals surface area contributed by atoms with Gasteiger partial charge in [0.2, 0.25) is 0 Å². The van der Waals surface area contributed by atoms with Crippen LogP contribution in [0.4, 0.5) is 0 Å². The van der Waals surface area contributed by atoms with Gasteiger partial charge in [0.1, 0.15) is 13.2 Å². The molecule has 0 aliphatic heterocycles. The Kier molecular flexibility index (Phi) is 62.7. The van der Waals surface area contributed by atoms with Crippen LogP contribution in [0.5, 0.6) is 0 Å². The highest BCUT2D eigenvalue weighted by Crippen LogP contribution is 2.17. The van der Waals surface area contributed by atoms with Gasteiger partial charge in [-0.1, -0.05) is 286 Å². The van der Waals surface area contributed by atoms with E-state index in [0.717, 1.165) is 96.3 Å². The molecule has 1 atom stereocenters. The summed E-state index contributed by atoms with van der Waals surface area (Å²) in [5.41, 5.74) is 0. The highest BCUT2D eigenvalue weighted by Gasteiger charge is 2.19. The van der Waals surface area contributed by atoms with Gasteiger partial charge in [-0.25, -0.2) is 0 Å². The molecule has 0 aromatic rings. The van der Waals surface area contributed by atoms with Crippen molar-refractivity contribution >= 4 is 17.9 Å². The van der Waals surface area contributed by atoms with Crippen LogP contribution in [-0.4, -0.2) is 37.2 Å². The van der Waals surface area contributed by atoms with E-state index in [-0.39, 0.29) is 31.1 Å². The van der Waals surface area contributed by atoms with Gasteiger partial charge in [-0.3, -0.25) is 14.4 Å². The van der Waals surface area contributed by atoms with Crippen LogP contribution in [0.1, 0.15) is 342 Å². The Bertz CT molecular complexity index is 1420. The Labute approximate surface area is 478 Å². The van der Waals surface area contributed by atoms with E-state index in [0.29, 0.717) is 19.3 Å². The molecule has 77 heavy (non-hydrogen) atoms. The maximum absolute atomic E-state index is 12.9. The van der Waals surface area contributed by atoms with Gasteiger partial charge in [0.15, 0.2) is 6.10 Å². The van der Waals surface area contributed by atoms with Crippen LogP contribution < -0.4 is 0 Å². The molecule has 6 nitrogen and oxygen atoms in total. The molecule has 0 aromatic carbocycles. The summed E-state index contributed by atoms with van der Waals surface area (Å²) in [6, 6.07) is 0. The normalized spacial score (nSPS) is 12.5. The van der Waals surface area contributed by atoms with E-state index in [1.165, 1.54) is 205 Å². The predicted molar refractivity (Wildman–Crippen MR) is 335 cm³/mol. The van der Waals surface area contributed by atoms with Gasteiger partial charge in [0.05, 0.1) is 0 Å². The van der Waals surface area contributed by atoms with Crippen molar-refractivity contribution in [2.75, 3.05) is 13.2 Å². The molecule has 0 saturated carbocycles. The SMILES string of the molecule is CC/C=C\C/C=C\C/C=C\CCCCCCCCCC(=O)OC(COC(=O)CCCCCCC/C=C\CCCCCCCC)COC(=O)CCCCCCCCCCCCCCCCC/C=C\C/C=C\CCCCCCC. The summed E-state index contributed by atoms with van der Waals surface area (Å²) in [4.78, 5) is 38.4. The summed E-state index contributed by atoms with van der Waals surface area (Å²) < 4.78 is 16.9. The van der Waals surface area contributed by atoms with E-state index in [4.69, 9.17) is 14.2 Å². The Morgan fingerprint density at radius 3 is 0.805 bits per heavy atom. The second kappa shape index (κ2) is 65.4. The lowest BCUT2D eigenvalue weighted by Gasteiger charge is -2.18. The lowest BCUT2D eigenvalue weighted by Crippen LogP contribution is -2.30. The fourth-order valence-corrected chi connectivity index (χ4v) is 9.66. The minimum Gasteiger partial charge on any atom is -0.462 e. The standard InChI is InChI=1S/C71H126O6/c1-4-7-10-13-16-19-22-25-28-30-31-32-33-34-35-36-37-38-39-41-43-46-49-52-55-58-61-64-70(73)76-67-68(66-75-69(72)63-60-57-54-51-48-45-42-27-24-21-18-15-12-9-6-3)77-71(74)65-62-59-56-53-50-47-44-40-29-26-23-20-17-14-11-8-5-2/h8,11,17,20,22,25-27,29-31,42,68H,4-7,9-10,12-16,18-19,21,23-24,28,32-41,43-67H2,1-3H3/b11-8-,20-17-,25-22-,29-26-,31-30-,42-27-. The lowest BCUT2D eigenvalue weighted by molar-refractivity contribution is -0.167. The lowest BCUT2D eigenvalue weighted by atomic mass is 10.0. The number of unbranched alkanes of at least 4 members (excludes halogenated alkanes) is 38. The smallest absolute Gasteiger partial charge is 0.306 e. The molecule has 0 fully saturated rings. The molecule has 1 unspecified atom stereocenters. The zero-order valence-corrected chi connectivity index (χ0v) is 51.2. The molecule has 6 heteroatoms. The summed E-state index contributed by atoms with van der Waals surface area (Å²) in [6.07, 6.45) is 84.9. The molecule has 0 N–H and O–H groups in total. The van der Waals surface area contributed by atoms with Gasteiger partial charge in [-0.2, -0.15) is 0 Å². The number of allylic oxidation sites excluding steroid dienone is 12. The zero-order valence-electron chi connectivity index (χ0n) is 51.2. The van der Waals surface area contributed by atoms with Crippen molar-refractivity contribution in [2.45, 2.75) is 348 Å². The van der Waals surface area contributed by atoms with Crippen LogP contribution in [0.15, 0.2) is 72.9 Å².